The number of carboxylic acids is 1. The van der Waals surface area contributed by atoms with E-state index in [2.05, 4.69) is 90.2 Å². The maximum atomic E-state index is 10.9. The number of hydrogen-bond donors (Lipinski definition) is 1. The zero-order valence-corrected chi connectivity index (χ0v) is 25.0. The van der Waals surface area contributed by atoms with E-state index in [1.54, 1.807) is 17.4 Å². The fourth-order valence-corrected chi connectivity index (χ4v) is 6.21. The van der Waals surface area contributed by atoms with Gasteiger partial charge in [-0.25, -0.2) is 4.79 Å². The lowest BCUT2D eigenvalue weighted by atomic mass is 9.96. The monoisotopic (exact) mass is 544 g/mol. The molecule has 6 heteroatoms. The second-order valence-corrected chi connectivity index (χ2v) is 17.1. The van der Waals surface area contributed by atoms with E-state index in [9.17, 15) is 4.79 Å². The molecule has 0 aliphatic rings. The highest BCUT2D eigenvalue weighted by molar-refractivity contribution is 7.22. The molecule has 1 N–H and O–H groups in total. The molecule has 0 amide bonds. The predicted molar refractivity (Wildman–Crippen MR) is 162 cm³/mol. The Morgan fingerprint density at radius 1 is 0.974 bits per heavy atom. The van der Waals surface area contributed by atoms with Crippen LogP contribution in [0.5, 0.6) is 17.2 Å². The molecule has 38 heavy (non-hydrogen) atoms. The average molecular weight is 545 g/mol. The largest absolute Gasteiger partial charge is 0.543 e. The summed E-state index contributed by atoms with van der Waals surface area (Å²) in [5, 5.41) is 10.1. The van der Waals surface area contributed by atoms with E-state index in [-0.39, 0.29) is 5.04 Å². The first-order valence-corrected chi connectivity index (χ1v) is 16.6. The summed E-state index contributed by atoms with van der Waals surface area (Å²) in [6.07, 6.45) is 2.70. The van der Waals surface area contributed by atoms with Gasteiger partial charge in [-0.3, -0.25) is 0 Å². The molecule has 0 aliphatic carbocycles. The Bertz CT molecular complexity index is 1470. The first kappa shape index (κ1) is 27.7. The Kier molecular flexibility index (Phi) is 7.86. The van der Waals surface area contributed by atoms with Crippen molar-refractivity contribution in [2.75, 3.05) is 0 Å². The smallest absolute Gasteiger partial charge is 0.328 e. The fraction of sp³-hybridized carbons (Fsp3) is 0.281. The Balaban J connectivity index is 1.80. The quantitative estimate of drug-likeness (QED) is 0.177. The van der Waals surface area contributed by atoms with Gasteiger partial charge < -0.3 is 14.3 Å². The van der Waals surface area contributed by atoms with Gasteiger partial charge in [-0.05, 0) is 77.1 Å². The minimum absolute atomic E-state index is 0.110. The van der Waals surface area contributed by atoms with Gasteiger partial charge in [-0.2, -0.15) is 0 Å². The molecule has 0 fully saturated rings. The van der Waals surface area contributed by atoms with Crippen LogP contribution in [0.15, 0.2) is 72.8 Å². The zero-order chi connectivity index (χ0) is 27.7. The highest BCUT2D eigenvalue weighted by Gasteiger charge is 2.39. The van der Waals surface area contributed by atoms with Crippen LogP contribution in [0.4, 0.5) is 0 Å². The second-order valence-electron chi connectivity index (χ2n) is 11.4. The predicted octanol–water partition coefficient (Wildman–Crippen LogP) is 9.97. The molecule has 3 aromatic carbocycles. The molecule has 0 saturated heterocycles. The minimum Gasteiger partial charge on any atom is -0.543 e. The van der Waals surface area contributed by atoms with Crippen molar-refractivity contribution in [3.05, 3.63) is 83.9 Å². The third-order valence-corrected chi connectivity index (χ3v) is 12.7. The third-order valence-electron chi connectivity index (χ3n) is 7.14. The summed E-state index contributed by atoms with van der Waals surface area (Å²) in [7, 11) is -1.98. The molecule has 4 nitrogen and oxygen atoms in total. The van der Waals surface area contributed by atoms with Crippen molar-refractivity contribution >= 4 is 41.8 Å². The van der Waals surface area contributed by atoms with Crippen molar-refractivity contribution in [2.24, 2.45) is 0 Å². The summed E-state index contributed by atoms with van der Waals surface area (Å²) in [6.45, 7) is 15.7. The van der Waals surface area contributed by atoms with Gasteiger partial charge in [0.15, 0.2) is 5.75 Å². The molecule has 0 bridgehead atoms. The van der Waals surface area contributed by atoms with Crippen LogP contribution in [0.25, 0.3) is 26.6 Å². The molecular weight excluding hydrogens is 509 g/mol. The molecule has 1 heterocycles. The van der Waals surface area contributed by atoms with Gasteiger partial charge in [0.2, 0.25) is 8.32 Å². The number of carbonyl (C=O) groups is 1. The van der Waals surface area contributed by atoms with Crippen LogP contribution < -0.4 is 9.16 Å². The van der Waals surface area contributed by atoms with Crippen LogP contribution in [0, 0.1) is 0 Å². The number of carboxylic acid groups (broad SMARTS) is 1. The third kappa shape index (κ3) is 6.03. The number of benzene rings is 3. The molecule has 0 saturated carbocycles. The molecule has 0 spiro atoms. The highest BCUT2D eigenvalue weighted by Crippen LogP contribution is 2.49. The van der Waals surface area contributed by atoms with Crippen LogP contribution in [-0.2, 0) is 4.79 Å². The van der Waals surface area contributed by atoms with Crippen molar-refractivity contribution in [1.82, 2.24) is 0 Å². The van der Waals surface area contributed by atoms with Crippen LogP contribution in [0.2, 0.25) is 18.1 Å². The van der Waals surface area contributed by atoms with Crippen LogP contribution in [0.3, 0.4) is 0 Å². The molecule has 1 aromatic heterocycles. The lowest BCUT2D eigenvalue weighted by Gasteiger charge is -2.36. The van der Waals surface area contributed by atoms with Gasteiger partial charge >= 0.3 is 5.97 Å². The first-order chi connectivity index (χ1) is 17.9. The summed E-state index contributed by atoms with van der Waals surface area (Å²) >= 11 is 1.72. The SMILES string of the molecule is CC(C)c1ccccc1-c1sc2cc(O[Si](C)(C)C(C)(C)C)ccc2c1Oc1ccc(/C=C/C(=O)O)cc1. The van der Waals surface area contributed by atoms with Crippen molar-refractivity contribution in [3.8, 4) is 27.7 Å². The second kappa shape index (κ2) is 10.8. The van der Waals surface area contributed by atoms with Crippen LogP contribution in [-0.4, -0.2) is 19.4 Å². The lowest BCUT2D eigenvalue weighted by Crippen LogP contribution is -2.43. The van der Waals surface area contributed by atoms with E-state index in [1.165, 1.54) is 11.1 Å². The molecule has 4 aromatic rings. The standard InChI is InChI=1S/C32H36O4SSi/c1-21(2)25-10-8-9-11-26(25)31-30(35-23-15-12-22(13-16-23)14-19-29(33)34)27-18-17-24(20-28(27)37-31)36-38(6,7)32(3,4)5/h8-21H,1-7H3,(H,33,34)/b19-14+. The minimum atomic E-state index is -1.98. The first-order valence-electron chi connectivity index (χ1n) is 12.9. The van der Waals surface area contributed by atoms with E-state index < -0.39 is 14.3 Å². The summed E-state index contributed by atoms with van der Waals surface area (Å²) in [4.78, 5) is 11.9. The molecular formula is C32H36O4SSi. The van der Waals surface area contributed by atoms with Crippen molar-refractivity contribution in [1.29, 1.82) is 0 Å². The molecule has 198 valence electrons. The van der Waals surface area contributed by atoms with Gasteiger partial charge in [-0.15, -0.1) is 11.3 Å². The normalized spacial score (nSPS) is 12.4. The zero-order valence-electron chi connectivity index (χ0n) is 23.2. The van der Waals surface area contributed by atoms with Gasteiger partial charge in [0.1, 0.15) is 11.5 Å². The molecule has 0 aliphatic heterocycles. The number of thiophene rings is 1. The van der Waals surface area contributed by atoms with Crippen LogP contribution >= 0.6 is 11.3 Å². The number of rotatable bonds is 8. The maximum Gasteiger partial charge on any atom is 0.328 e. The van der Waals surface area contributed by atoms with E-state index in [4.69, 9.17) is 14.3 Å². The molecule has 0 atom stereocenters. The maximum absolute atomic E-state index is 10.9. The van der Waals surface area contributed by atoms with Crippen molar-refractivity contribution in [2.45, 2.75) is 58.7 Å². The van der Waals surface area contributed by atoms with Gasteiger partial charge in [0, 0.05) is 16.2 Å². The number of hydrogen-bond acceptors (Lipinski definition) is 4. The molecule has 0 unspecified atom stereocenters. The van der Waals surface area contributed by atoms with E-state index in [0.717, 1.165) is 38.1 Å². The summed E-state index contributed by atoms with van der Waals surface area (Å²) in [6, 6.07) is 22.3. The van der Waals surface area contributed by atoms with E-state index in [0.29, 0.717) is 11.7 Å². The number of aliphatic carboxylic acids is 1. The fourth-order valence-electron chi connectivity index (χ4n) is 3.98. The Morgan fingerprint density at radius 3 is 2.26 bits per heavy atom. The summed E-state index contributed by atoms with van der Waals surface area (Å²) in [5.74, 6) is 1.81. The molecule has 4 rings (SSSR count). The Morgan fingerprint density at radius 2 is 1.63 bits per heavy atom. The van der Waals surface area contributed by atoms with Crippen molar-refractivity contribution < 1.29 is 19.1 Å². The highest BCUT2D eigenvalue weighted by atomic mass is 32.1. The summed E-state index contributed by atoms with van der Waals surface area (Å²) < 4.78 is 14.3. The van der Waals surface area contributed by atoms with Gasteiger partial charge in [0.05, 0.1) is 4.88 Å². The van der Waals surface area contributed by atoms with Gasteiger partial charge in [-0.1, -0.05) is 71.0 Å². The average Bonchev–Trinajstić information content (AvgIpc) is 3.19. The summed E-state index contributed by atoms with van der Waals surface area (Å²) in [5.41, 5.74) is 3.25. The van der Waals surface area contributed by atoms with E-state index in [1.807, 2.05) is 24.3 Å². The van der Waals surface area contributed by atoms with Gasteiger partial charge in [0.25, 0.3) is 0 Å². The topological polar surface area (TPSA) is 55.8 Å². The lowest BCUT2D eigenvalue weighted by molar-refractivity contribution is -0.131. The van der Waals surface area contributed by atoms with Crippen molar-refractivity contribution in [3.63, 3.8) is 0 Å². The Hall–Kier alpha value is -3.35. The van der Waals surface area contributed by atoms with Crippen LogP contribution in [0.1, 0.15) is 51.7 Å². The Labute approximate surface area is 230 Å². The molecule has 0 radical (unpaired) electrons. The van der Waals surface area contributed by atoms with E-state index >= 15 is 0 Å². The number of fused-ring (bicyclic) bond motifs is 1. The number of ether oxygens (including phenoxy) is 1.